The Labute approximate surface area is 129 Å². The summed E-state index contributed by atoms with van der Waals surface area (Å²) in [6, 6.07) is 21.3. The van der Waals surface area contributed by atoms with Crippen LogP contribution in [-0.2, 0) is 6.54 Å². The number of hydrogen-bond donors (Lipinski definition) is 1. The van der Waals surface area contributed by atoms with Crippen molar-refractivity contribution < 1.29 is 0 Å². The van der Waals surface area contributed by atoms with Gasteiger partial charge in [-0.05, 0) is 18.1 Å². The third-order valence-electron chi connectivity index (χ3n) is 3.42. The maximum atomic E-state index is 4.53. The minimum Gasteiger partial charge on any atom is -0.301 e. The van der Waals surface area contributed by atoms with Crippen LogP contribution in [0.25, 0.3) is 0 Å². The van der Waals surface area contributed by atoms with E-state index in [0.717, 1.165) is 17.2 Å². The molecule has 0 fully saturated rings. The molecule has 3 rings (SSSR count). The predicted octanol–water partition coefficient (Wildman–Crippen LogP) is 4.33. The normalized spacial score (nSPS) is 11.0. The maximum Gasteiger partial charge on any atom is 0.0897 e. The Morgan fingerprint density at radius 2 is 1.52 bits per heavy atom. The van der Waals surface area contributed by atoms with E-state index in [9.17, 15) is 0 Å². The van der Waals surface area contributed by atoms with Crippen molar-refractivity contribution in [1.82, 2.24) is 10.3 Å². The molecule has 0 saturated heterocycles. The summed E-state index contributed by atoms with van der Waals surface area (Å²) in [6.07, 6.45) is 0. The van der Waals surface area contributed by atoms with E-state index >= 15 is 0 Å². The molecule has 3 aromatic rings. The second kappa shape index (κ2) is 6.66. The van der Waals surface area contributed by atoms with Gasteiger partial charge in [-0.25, -0.2) is 4.98 Å². The molecule has 0 radical (unpaired) electrons. The minimum atomic E-state index is 0.189. The molecule has 0 spiro atoms. The van der Waals surface area contributed by atoms with Crippen molar-refractivity contribution in [2.75, 3.05) is 0 Å². The lowest BCUT2D eigenvalue weighted by Gasteiger charge is -2.19. The first-order valence-electron chi connectivity index (χ1n) is 7.07. The number of nitrogens with one attached hydrogen (secondary N) is 1. The molecule has 21 heavy (non-hydrogen) atoms. The van der Waals surface area contributed by atoms with Gasteiger partial charge in [-0.3, -0.25) is 0 Å². The van der Waals surface area contributed by atoms with Crippen LogP contribution in [0.5, 0.6) is 0 Å². The highest BCUT2D eigenvalue weighted by molar-refractivity contribution is 7.09. The largest absolute Gasteiger partial charge is 0.301 e. The van der Waals surface area contributed by atoms with Gasteiger partial charge in [0.15, 0.2) is 0 Å². The molecule has 106 valence electrons. The molecule has 0 amide bonds. The lowest BCUT2D eigenvalue weighted by Crippen LogP contribution is -2.22. The number of rotatable bonds is 5. The lowest BCUT2D eigenvalue weighted by molar-refractivity contribution is 0.598. The first-order valence-corrected chi connectivity index (χ1v) is 7.95. The highest BCUT2D eigenvalue weighted by atomic mass is 32.1. The van der Waals surface area contributed by atoms with Crippen LogP contribution in [0.3, 0.4) is 0 Å². The van der Waals surface area contributed by atoms with Gasteiger partial charge in [-0.1, -0.05) is 60.7 Å². The van der Waals surface area contributed by atoms with Crippen LogP contribution in [0.2, 0.25) is 0 Å². The zero-order valence-corrected chi connectivity index (χ0v) is 12.8. The second-order valence-electron chi connectivity index (χ2n) is 4.99. The molecule has 1 heterocycles. The van der Waals surface area contributed by atoms with Gasteiger partial charge in [0, 0.05) is 11.9 Å². The van der Waals surface area contributed by atoms with Crippen molar-refractivity contribution >= 4 is 11.3 Å². The van der Waals surface area contributed by atoms with Crippen molar-refractivity contribution in [3.8, 4) is 0 Å². The van der Waals surface area contributed by atoms with Crippen molar-refractivity contribution in [2.45, 2.75) is 19.5 Å². The third-order valence-corrected chi connectivity index (χ3v) is 4.24. The summed E-state index contributed by atoms with van der Waals surface area (Å²) in [7, 11) is 0. The summed E-state index contributed by atoms with van der Waals surface area (Å²) < 4.78 is 0. The van der Waals surface area contributed by atoms with E-state index in [0.29, 0.717) is 0 Å². The number of aromatic nitrogens is 1. The highest BCUT2D eigenvalue weighted by Crippen LogP contribution is 2.22. The summed E-state index contributed by atoms with van der Waals surface area (Å²) in [5.41, 5.74) is 3.65. The average molecular weight is 294 g/mol. The molecule has 0 unspecified atom stereocenters. The summed E-state index contributed by atoms with van der Waals surface area (Å²) in [5, 5.41) is 6.86. The molecule has 2 nitrogen and oxygen atoms in total. The van der Waals surface area contributed by atoms with Gasteiger partial charge in [-0.2, -0.15) is 0 Å². The smallest absolute Gasteiger partial charge is 0.0897 e. The quantitative estimate of drug-likeness (QED) is 0.757. The van der Waals surface area contributed by atoms with Gasteiger partial charge < -0.3 is 5.32 Å². The van der Waals surface area contributed by atoms with Gasteiger partial charge in [0.1, 0.15) is 0 Å². The Kier molecular flexibility index (Phi) is 4.43. The fraction of sp³-hybridized carbons (Fsp3) is 0.167. The molecular formula is C18H18N2S. The number of thiazole rings is 1. The molecule has 3 heteroatoms. The van der Waals surface area contributed by atoms with Gasteiger partial charge in [0.05, 0.1) is 16.7 Å². The van der Waals surface area contributed by atoms with Crippen LogP contribution in [0, 0.1) is 6.92 Å². The zero-order valence-electron chi connectivity index (χ0n) is 12.0. The standard InChI is InChI=1S/C18H18N2S/c1-14-20-17(13-21-14)12-19-18(15-8-4-2-5-9-15)16-10-6-3-7-11-16/h2-11,13,18-19H,12H2,1H3. The fourth-order valence-corrected chi connectivity index (χ4v) is 3.03. The van der Waals surface area contributed by atoms with Gasteiger partial charge in [-0.15, -0.1) is 11.3 Å². The molecule has 0 aliphatic heterocycles. The van der Waals surface area contributed by atoms with Gasteiger partial charge in [0.2, 0.25) is 0 Å². The van der Waals surface area contributed by atoms with E-state index < -0.39 is 0 Å². The predicted molar refractivity (Wildman–Crippen MR) is 88.4 cm³/mol. The molecule has 0 aliphatic carbocycles. The van der Waals surface area contributed by atoms with Crippen LogP contribution < -0.4 is 5.32 Å². The molecular weight excluding hydrogens is 276 g/mol. The van der Waals surface area contributed by atoms with Crippen molar-refractivity contribution in [3.63, 3.8) is 0 Å². The topological polar surface area (TPSA) is 24.9 Å². The summed E-state index contributed by atoms with van der Waals surface area (Å²) >= 11 is 1.70. The monoisotopic (exact) mass is 294 g/mol. The molecule has 1 N–H and O–H groups in total. The van der Waals surface area contributed by atoms with Gasteiger partial charge in [0.25, 0.3) is 0 Å². The number of aryl methyl sites for hydroxylation is 1. The summed E-state index contributed by atoms with van der Waals surface area (Å²) in [6.45, 7) is 2.82. The summed E-state index contributed by atoms with van der Waals surface area (Å²) in [5.74, 6) is 0. The Morgan fingerprint density at radius 1 is 0.952 bits per heavy atom. The van der Waals surface area contributed by atoms with Crippen LogP contribution in [-0.4, -0.2) is 4.98 Å². The van der Waals surface area contributed by atoms with E-state index in [1.165, 1.54) is 11.1 Å². The van der Waals surface area contributed by atoms with E-state index in [-0.39, 0.29) is 6.04 Å². The second-order valence-corrected chi connectivity index (χ2v) is 6.06. The van der Waals surface area contributed by atoms with Crippen molar-refractivity contribution in [2.24, 2.45) is 0 Å². The molecule has 0 bridgehead atoms. The Balaban J connectivity index is 1.83. The number of nitrogens with zero attached hydrogens (tertiary/aromatic N) is 1. The SMILES string of the molecule is Cc1nc(CNC(c2ccccc2)c2ccccc2)cs1. The molecule has 0 saturated carbocycles. The van der Waals surface area contributed by atoms with E-state index in [4.69, 9.17) is 0 Å². The van der Waals surface area contributed by atoms with E-state index in [1.54, 1.807) is 11.3 Å². The van der Waals surface area contributed by atoms with Crippen LogP contribution >= 0.6 is 11.3 Å². The number of hydrogen-bond acceptors (Lipinski definition) is 3. The van der Waals surface area contributed by atoms with Crippen LogP contribution in [0.1, 0.15) is 27.9 Å². The Hall–Kier alpha value is -1.97. The van der Waals surface area contributed by atoms with E-state index in [2.05, 4.69) is 76.3 Å². The maximum absolute atomic E-state index is 4.53. The Bertz CT molecular complexity index is 637. The third kappa shape index (κ3) is 3.57. The van der Waals surface area contributed by atoms with Gasteiger partial charge >= 0.3 is 0 Å². The lowest BCUT2D eigenvalue weighted by atomic mass is 9.99. The van der Waals surface area contributed by atoms with Crippen molar-refractivity contribution in [1.29, 1.82) is 0 Å². The fourth-order valence-electron chi connectivity index (χ4n) is 2.42. The van der Waals surface area contributed by atoms with Crippen molar-refractivity contribution in [3.05, 3.63) is 87.9 Å². The molecule has 1 aromatic heterocycles. The molecule has 0 aliphatic rings. The first kappa shape index (κ1) is 14.0. The summed E-state index contributed by atoms with van der Waals surface area (Å²) in [4.78, 5) is 4.53. The number of benzene rings is 2. The zero-order chi connectivity index (χ0) is 14.5. The van der Waals surface area contributed by atoms with E-state index in [1.807, 2.05) is 6.92 Å². The molecule has 0 atom stereocenters. The highest BCUT2D eigenvalue weighted by Gasteiger charge is 2.13. The van der Waals surface area contributed by atoms with Crippen LogP contribution in [0.15, 0.2) is 66.0 Å². The first-order chi connectivity index (χ1) is 10.3. The average Bonchev–Trinajstić information content (AvgIpc) is 2.95. The Morgan fingerprint density at radius 3 is 2.00 bits per heavy atom. The molecule has 2 aromatic carbocycles. The minimum absolute atomic E-state index is 0.189. The van der Waals surface area contributed by atoms with Crippen LogP contribution in [0.4, 0.5) is 0 Å².